The molecule has 12 heteroatoms. The maximum Gasteiger partial charge on any atom is 0.417 e. The zero-order valence-corrected chi connectivity index (χ0v) is 18.0. The lowest BCUT2D eigenvalue weighted by Crippen LogP contribution is -2.37. The number of imidazole rings is 1. The van der Waals surface area contributed by atoms with Crippen LogP contribution in [0.3, 0.4) is 0 Å². The van der Waals surface area contributed by atoms with Gasteiger partial charge in [-0.1, -0.05) is 28.1 Å². The number of hydrogen-bond acceptors (Lipinski definition) is 4. The van der Waals surface area contributed by atoms with Crippen molar-refractivity contribution in [3.8, 4) is 11.3 Å². The van der Waals surface area contributed by atoms with Crippen molar-refractivity contribution in [3.05, 3.63) is 77.1 Å². The predicted molar refractivity (Wildman–Crippen MR) is 111 cm³/mol. The van der Waals surface area contributed by atoms with Gasteiger partial charge in [0.05, 0.1) is 11.1 Å². The molecule has 35 heavy (non-hydrogen) atoms. The molecule has 0 fully saturated rings. The molecular formula is C23H16F6N5O+. The number of nitrogens with zero attached hydrogens (tertiary/aromatic N) is 4. The fourth-order valence-corrected chi connectivity index (χ4v) is 3.88. The fourth-order valence-electron chi connectivity index (χ4n) is 3.88. The van der Waals surface area contributed by atoms with Gasteiger partial charge in [-0.25, -0.2) is 4.98 Å². The molecule has 4 aromatic rings. The second-order valence-electron chi connectivity index (χ2n) is 8.03. The van der Waals surface area contributed by atoms with Gasteiger partial charge in [-0.05, 0) is 36.1 Å². The SMILES string of the molecule is CC1=CCC=C1c1nc2cn[n+](Cc3cc(-c4ccc(C(F)(F)F)cc4C(F)(F)F)no3)cc2[nH]1. The minimum Gasteiger partial charge on any atom is -0.354 e. The highest BCUT2D eigenvalue weighted by Crippen LogP contribution is 2.40. The summed E-state index contributed by atoms with van der Waals surface area (Å²) in [5.41, 5.74) is -0.155. The molecule has 1 aliphatic carbocycles. The molecule has 0 unspecified atom stereocenters. The second-order valence-corrected chi connectivity index (χ2v) is 8.03. The molecular weight excluding hydrogens is 476 g/mol. The van der Waals surface area contributed by atoms with Crippen LogP contribution in [-0.2, 0) is 18.9 Å². The summed E-state index contributed by atoms with van der Waals surface area (Å²) >= 11 is 0. The van der Waals surface area contributed by atoms with E-state index in [9.17, 15) is 26.3 Å². The van der Waals surface area contributed by atoms with Crippen LogP contribution in [0, 0.1) is 0 Å². The molecule has 1 aromatic carbocycles. The van der Waals surface area contributed by atoms with Gasteiger partial charge in [-0.2, -0.15) is 26.3 Å². The summed E-state index contributed by atoms with van der Waals surface area (Å²) in [5, 5.41) is 7.89. The van der Waals surface area contributed by atoms with E-state index in [1.54, 1.807) is 12.4 Å². The Kier molecular flexibility index (Phi) is 5.26. The Morgan fingerprint density at radius 3 is 2.54 bits per heavy atom. The average molecular weight is 492 g/mol. The first-order chi connectivity index (χ1) is 16.5. The van der Waals surface area contributed by atoms with E-state index >= 15 is 0 Å². The van der Waals surface area contributed by atoms with Crippen molar-refractivity contribution in [2.75, 3.05) is 0 Å². The summed E-state index contributed by atoms with van der Waals surface area (Å²) in [6, 6.07) is 2.63. The molecule has 6 nitrogen and oxygen atoms in total. The van der Waals surface area contributed by atoms with Gasteiger partial charge in [-0.3, -0.25) is 0 Å². The molecule has 3 aromatic heterocycles. The second kappa shape index (κ2) is 8.07. The summed E-state index contributed by atoms with van der Waals surface area (Å²) in [7, 11) is 0. The van der Waals surface area contributed by atoms with Crippen LogP contribution in [0.1, 0.15) is 36.1 Å². The molecule has 0 spiro atoms. The maximum atomic E-state index is 13.5. The highest BCUT2D eigenvalue weighted by atomic mass is 19.4. The van der Waals surface area contributed by atoms with Gasteiger partial charge in [-0.15, -0.1) is 0 Å². The van der Waals surface area contributed by atoms with Crippen LogP contribution in [0.5, 0.6) is 0 Å². The van der Waals surface area contributed by atoms with Crippen molar-refractivity contribution >= 4 is 16.6 Å². The molecule has 1 N–H and O–H groups in total. The monoisotopic (exact) mass is 492 g/mol. The Morgan fingerprint density at radius 2 is 1.86 bits per heavy atom. The number of rotatable bonds is 4. The average Bonchev–Trinajstić information content (AvgIpc) is 3.51. The van der Waals surface area contributed by atoms with E-state index in [1.165, 1.54) is 10.7 Å². The van der Waals surface area contributed by atoms with Crippen LogP contribution in [0.2, 0.25) is 0 Å². The number of halogens is 6. The highest BCUT2D eigenvalue weighted by Gasteiger charge is 2.39. The van der Waals surface area contributed by atoms with Gasteiger partial charge in [0, 0.05) is 17.2 Å². The van der Waals surface area contributed by atoms with Crippen molar-refractivity contribution in [2.45, 2.75) is 32.2 Å². The van der Waals surface area contributed by atoms with Gasteiger partial charge in [0.1, 0.15) is 28.7 Å². The zero-order valence-electron chi connectivity index (χ0n) is 18.0. The summed E-state index contributed by atoms with van der Waals surface area (Å²) in [5.74, 6) is 0.872. The number of alkyl halides is 6. The number of H-pyrrole nitrogens is 1. The van der Waals surface area contributed by atoms with Crippen molar-refractivity contribution < 1.29 is 35.5 Å². The summed E-state index contributed by atoms with van der Waals surface area (Å²) in [6.45, 7) is 2.02. The minimum absolute atomic E-state index is 0.0287. The third kappa shape index (κ3) is 4.43. The Labute approximate surface area is 193 Å². The molecule has 0 amide bonds. The van der Waals surface area contributed by atoms with Gasteiger partial charge in [0.2, 0.25) is 18.5 Å². The molecule has 0 saturated carbocycles. The third-order valence-corrected chi connectivity index (χ3v) is 5.60. The molecule has 0 saturated heterocycles. The number of fused-ring (bicyclic) bond motifs is 1. The molecule has 0 radical (unpaired) electrons. The van der Waals surface area contributed by atoms with Crippen LogP contribution in [0.4, 0.5) is 26.3 Å². The van der Waals surface area contributed by atoms with Gasteiger partial charge >= 0.3 is 12.4 Å². The zero-order chi connectivity index (χ0) is 25.0. The molecule has 3 heterocycles. The number of aromatic amines is 1. The summed E-state index contributed by atoms with van der Waals surface area (Å²) < 4.78 is 85.9. The van der Waals surface area contributed by atoms with Crippen LogP contribution in [0.15, 0.2) is 58.9 Å². The Morgan fingerprint density at radius 1 is 1.06 bits per heavy atom. The number of nitrogens with one attached hydrogen (secondary N) is 1. The van der Waals surface area contributed by atoms with Crippen molar-refractivity contribution in [2.24, 2.45) is 0 Å². The Bertz CT molecular complexity index is 1490. The number of allylic oxidation sites excluding steroid dienone is 4. The fraction of sp³-hybridized carbons (Fsp3) is 0.217. The van der Waals surface area contributed by atoms with Crippen molar-refractivity contribution in [1.29, 1.82) is 0 Å². The Balaban J connectivity index is 1.43. The first-order valence-corrected chi connectivity index (χ1v) is 10.4. The standard InChI is InChI=1S/C23H15F6N5O/c1-12-3-2-4-15(12)21-31-19-9-30-34(11-20(19)32-21)10-14-8-18(33-35-14)16-6-5-13(22(24,25)26)7-17(16)23(27,28)29/h3-9,11H,2,10H2,1H3/p+1. The summed E-state index contributed by atoms with van der Waals surface area (Å²) in [6.07, 6.45) is -1.74. The first-order valence-electron chi connectivity index (χ1n) is 10.4. The van der Waals surface area contributed by atoms with E-state index in [0.29, 0.717) is 22.9 Å². The van der Waals surface area contributed by atoms with E-state index in [2.05, 4.69) is 32.4 Å². The number of benzene rings is 1. The smallest absolute Gasteiger partial charge is 0.354 e. The lowest BCUT2D eigenvalue weighted by Gasteiger charge is -2.14. The highest BCUT2D eigenvalue weighted by molar-refractivity contribution is 5.83. The lowest BCUT2D eigenvalue weighted by molar-refractivity contribution is -0.746. The van der Waals surface area contributed by atoms with Crippen LogP contribution in [0.25, 0.3) is 27.9 Å². The van der Waals surface area contributed by atoms with Crippen molar-refractivity contribution in [3.63, 3.8) is 0 Å². The molecule has 5 rings (SSSR count). The van der Waals surface area contributed by atoms with Gasteiger partial charge < -0.3 is 9.51 Å². The van der Waals surface area contributed by atoms with E-state index in [4.69, 9.17) is 4.52 Å². The first kappa shape index (κ1) is 22.8. The van der Waals surface area contributed by atoms with Crippen LogP contribution in [-0.4, -0.2) is 20.2 Å². The van der Waals surface area contributed by atoms with E-state index in [0.717, 1.165) is 23.6 Å². The number of aromatic nitrogens is 5. The predicted octanol–water partition coefficient (Wildman–Crippen LogP) is 5.72. The molecule has 180 valence electrons. The Hall–Kier alpha value is -3.96. The molecule has 0 atom stereocenters. The van der Waals surface area contributed by atoms with Gasteiger partial charge in [0.25, 0.3) is 0 Å². The quantitative estimate of drug-likeness (QED) is 0.292. The van der Waals surface area contributed by atoms with E-state index < -0.39 is 29.0 Å². The largest absolute Gasteiger partial charge is 0.417 e. The normalized spacial score (nSPS) is 14.5. The maximum absolute atomic E-state index is 13.5. The van der Waals surface area contributed by atoms with E-state index in [-0.39, 0.29) is 24.1 Å². The number of hydrogen-bond donors (Lipinski definition) is 1. The molecule has 0 bridgehead atoms. The lowest BCUT2D eigenvalue weighted by atomic mass is 10.0. The van der Waals surface area contributed by atoms with E-state index in [1.807, 2.05) is 6.92 Å². The topological polar surface area (TPSA) is 71.5 Å². The van der Waals surface area contributed by atoms with Crippen LogP contribution < -0.4 is 4.68 Å². The van der Waals surface area contributed by atoms with Crippen molar-refractivity contribution in [1.82, 2.24) is 20.2 Å². The summed E-state index contributed by atoms with van der Waals surface area (Å²) in [4.78, 5) is 7.75. The van der Waals surface area contributed by atoms with Gasteiger partial charge in [0.15, 0.2) is 0 Å². The molecule has 1 aliphatic rings. The third-order valence-electron chi connectivity index (χ3n) is 5.60. The van der Waals surface area contributed by atoms with Crippen LogP contribution >= 0.6 is 0 Å². The minimum atomic E-state index is -5.02. The molecule has 0 aliphatic heterocycles.